The van der Waals surface area contributed by atoms with Crippen molar-refractivity contribution in [1.29, 1.82) is 0 Å². The van der Waals surface area contributed by atoms with E-state index in [2.05, 4.69) is 26.2 Å². The van der Waals surface area contributed by atoms with Crippen LogP contribution in [0.25, 0.3) is 0 Å². The summed E-state index contributed by atoms with van der Waals surface area (Å²) in [5.74, 6) is 0.202. The minimum atomic E-state index is 0.202. The number of anilines is 2. The van der Waals surface area contributed by atoms with Crippen LogP contribution in [0, 0.1) is 0 Å². The van der Waals surface area contributed by atoms with Crippen LogP contribution in [0.4, 0.5) is 11.4 Å². The molecule has 2 aromatic rings. The van der Waals surface area contributed by atoms with Gasteiger partial charge in [-0.25, -0.2) is 0 Å². The van der Waals surface area contributed by atoms with Gasteiger partial charge in [0.1, 0.15) is 0 Å². The maximum Gasteiger partial charge on any atom is 0.227 e. The van der Waals surface area contributed by atoms with Gasteiger partial charge in [0.25, 0.3) is 0 Å². The van der Waals surface area contributed by atoms with Crippen molar-refractivity contribution in [2.45, 2.75) is 19.4 Å². The Bertz CT molecular complexity index is 659. The summed E-state index contributed by atoms with van der Waals surface area (Å²) in [4.78, 5) is 17.9. The number of pyridine rings is 1. The Morgan fingerprint density at radius 1 is 1.29 bits per heavy atom. The van der Waals surface area contributed by atoms with E-state index < -0.39 is 0 Å². The number of nitrogens with zero attached hydrogens (tertiary/aromatic N) is 2. The van der Waals surface area contributed by atoms with Gasteiger partial charge in [0.15, 0.2) is 0 Å². The summed E-state index contributed by atoms with van der Waals surface area (Å²) in [6, 6.07) is 9.97. The van der Waals surface area contributed by atoms with Crippen LogP contribution in [0.2, 0.25) is 0 Å². The molecule has 1 aliphatic rings. The van der Waals surface area contributed by atoms with Crippen molar-refractivity contribution in [3.05, 3.63) is 52.8 Å². The zero-order valence-electron chi connectivity index (χ0n) is 11.6. The summed E-state index contributed by atoms with van der Waals surface area (Å²) in [6.07, 6.45) is 5.17. The number of nitrogens with one attached hydrogen (secondary N) is 1. The third kappa shape index (κ3) is 3.24. The fourth-order valence-corrected chi connectivity index (χ4v) is 2.92. The molecule has 1 aromatic carbocycles. The number of benzene rings is 1. The number of halogens is 1. The largest absolute Gasteiger partial charge is 0.379 e. The second-order valence-electron chi connectivity index (χ2n) is 5.03. The van der Waals surface area contributed by atoms with Crippen molar-refractivity contribution in [3.8, 4) is 0 Å². The fraction of sp³-hybridized carbons (Fsp3) is 0.250. The summed E-state index contributed by atoms with van der Waals surface area (Å²) in [5.41, 5.74) is 3.03. The van der Waals surface area contributed by atoms with E-state index in [1.54, 1.807) is 6.20 Å². The van der Waals surface area contributed by atoms with E-state index in [9.17, 15) is 4.79 Å². The Balaban J connectivity index is 1.78. The van der Waals surface area contributed by atoms with Crippen molar-refractivity contribution in [3.63, 3.8) is 0 Å². The van der Waals surface area contributed by atoms with Crippen molar-refractivity contribution in [1.82, 2.24) is 4.98 Å². The van der Waals surface area contributed by atoms with Crippen molar-refractivity contribution in [2.24, 2.45) is 0 Å². The van der Waals surface area contributed by atoms with Gasteiger partial charge in [0, 0.05) is 36.4 Å². The lowest BCUT2D eigenvalue weighted by Crippen LogP contribution is -2.24. The molecule has 2 heterocycles. The molecule has 0 radical (unpaired) electrons. The summed E-state index contributed by atoms with van der Waals surface area (Å²) in [7, 11) is 0. The highest BCUT2D eigenvalue weighted by atomic mass is 79.9. The molecule has 108 valence electrons. The third-order valence-electron chi connectivity index (χ3n) is 3.51. The van der Waals surface area contributed by atoms with Crippen LogP contribution in [0.15, 0.2) is 47.2 Å². The quantitative estimate of drug-likeness (QED) is 0.920. The Kier molecular flexibility index (Phi) is 4.20. The highest BCUT2D eigenvalue weighted by molar-refractivity contribution is 9.10. The molecule has 3 rings (SSSR count). The van der Waals surface area contributed by atoms with Crippen LogP contribution >= 0.6 is 15.9 Å². The highest BCUT2D eigenvalue weighted by Crippen LogP contribution is 2.29. The molecule has 1 aromatic heterocycles. The summed E-state index contributed by atoms with van der Waals surface area (Å²) < 4.78 is 0.963. The Morgan fingerprint density at radius 3 is 2.90 bits per heavy atom. The molecule has 1 fully saturated rings. The molecule has 1 amide bonds. The lowest BCUT2D eigenvalue weighted by atomic mass is 10.2. The molecule has 0 atom stereocenters. The van der Waals surface area contributed by atoms with Crippen LogP contribution in [0.5, 0.6) is 0 Å². The molecule has 1 aliphatic heterocycles. The van der Waals surface area contributed by atoms with E-state index in [1.807, 2.05) is 41.4 Å². The van der Waals surface area contributed by atoms with Gasteiger partial charge in [0.05, 0.1) is 11.4 Å². The second kappa shape index (κ2) is 6.26. The van der Waals surface area contributed by atoms with E-state index in [-0.39, 0.29) is 5.91 Å². The monoisotopic (exact) mass is 345 g/mol. The first-order valence-electron chi connectivity index (χ1n) is 6.97. The van der Waals surface area contributed by atoms with Crippen LogP contribution in [0.3, 0.4) is 0 Å². The topological polar surface area (TPSA) is 45.2 Å². The van der Waals surface area contributed by atoms with Gasteiger partial charge in [-0.15, -0.1) is 0 Å². The molecule has 0 bridgehead atoms. The first-order chi connectivity index (χ1) is 10.2. The predicted molar refractivity (Wildman–Crippen MR) is 87.3 cm³/mol. The SMILES string of the molecule is O=C1CCCN1c1ccccc1NCc1cncc(Br)c1. The van der Waals surface area contributed by atoms with Gasteiger partial charge in [0.2, 0.25) is 5.91 Å². The highest BCUT2D eigenvalue weighted by Gasteiger charge is 2.23. The number of amides is 1. The summed E-state index contributed by atoms with van der Waals surface area (Å²) in [6.45, 7) is 1.47. The average molecular weight is 346 g/mol. The number of hydrogen-bond donors (Lipinski definition) is 1. The molecule has 5 heteroatoms. The molecule has 0 saturated carbocycles. The third-order valence-corrected chi connectivity index (χ3v) is 3.95. The lowest BCUT2D eigenvalue weighted by molar-refractivity contribution is -0.117. The summed E-state index contributed by atoms with van der Waals surface area (Å²) in [5, 5.41) is 3.40. The van der Waals surface area contributed by atoms with Gasteiger partial charge in [-0.1, -0.05) is 12.1 Å². The molecule has 4 nitrogen and oxygen atoms in total. The number of para-hydroxylation sites is 2. The van der Waals surface area contributed by atoms with E-state index in [1.165, 1.54) is 0 Å². The number of rotatable bonds is 4. The number of hydrogen-bond acceptors (Lipinski definition) is 3. The first kappa shape index (κ1) is 14.1. The number of carbonyl (C=O) groups is 1. The zero-order chi connectivity index (χ0) is 14.7. The van der Waals surface area contributed by atoms with Gasteiger partial charge in [-0.3, -0.25) is 9.78 Å². The van der Waals surface area contributed by atoms with Crippen molar-refractivity contribution in [2.75, 3.05) is 16.8 Å². The summed E-state index contributed by atoms with van der Waals surface area (Å²) >= 11 is 3.42. The molecule has 0 unspecified atom stereocenters. The average Bonchev–Trinajstić information content (AvgIpc) is 2.91. The van der Waals surface area contributed by atoms with E-state index in [0.717, 1.165) is 34.4 Å². The van der Waals surface area contributed by atoms with Crippen LogP contribution < -0.4 is 10.2 Å². The number of carbonyl (C=O) groups excluding carboxylic acids is 1. The fourth-order valence-electron chi connectivity index (χ4n) is 2.51. The van der Waals surface area contributed by atoms with Gasteiger partial charge >= 0.3 is 0 Å². The molecule has 0 aliphatic carbocycles. The predicted octanol–water partition coefficient (Wildman–Crippen LogP) is 3.58. The van der Waals surface area contributed by atoms with Crippen molar-refractivity contribution >= 4 is 33.2 Å². The van der Waals surface area contributed by atoms with E-state index in [0.29, 0.717) is 13.0 Å². The van der Waals surface area contributed by atoms with Gasteiger partial charge < -0.3 is 10.2 Å². The second-order valence-corrected chi connectivity index (χ2v) is 5.95. The minimum Gasteiger partial charge on any atom is -0.379 e. The molecular formula is C16H16BrN3O. The smallest absolute Gasteiger partial charge is 0.227 e. The normalized spacial score (nSPS) is 14.5. The molecular weight excluding hydrogens is 330 g/mol. The van der Waals surface area contributed by atoms with Crippen LogP contribution in [-0.4, -0.2) is 17.4 Å². The Morgan fingerprint density at radius 2 is 2.14 bits per heavy atom. The lowest BCUT2D eigenvalue weighted by Gasteiger charge is -2.20. The molecule has 1 saturated heterocycles. The minimum absolute atomic E-state index is 0.202. The maximum atomic E-state index is 11.9. The Hall–Kier alpha value is -1.88. The molecule has 0 spiro atoms. The van der Waals surface area contributed by atoms with E-state index in [4.69, 9.17) is 0 Å². The van der Waals surface area contributed by atoms with Crippen LogP contribution in [0.1, 0.15) is 18.4 Å². The standard InChI is InChI=1S/C16H16BrN3O/c17-13-8-12(9-18-11-13)10-19-14-4-1-2-5-15(14)20-7-3-6-16(20)21/h1-2,4-5,8-9,11,19H,3,6-7,10H2. The Labute approximate surface area is 132 Å². The first-order valence-corrected chi connectivity index (χ1v) is 7.76. The van der Waals surface area contributed by atoms with Crippen molar-refractivity contribution < 1.29 is 4.79 Å². The maximum absolute atomic E-state index is 11.9. The van der Waals surface area contributed by atoms with Gasteiger partial charge in [-0.05, 0) is 46.1 Å². The molecule has 1 N–H and O–H groups in total. The molecule has 21 heavy (non-hydrogen) atoms. The zero-order valence-corrected chi connectivity index (χ0v) is 13.1. The van der Waals surface area contributed by atoms with Crippen LogP contribution in [-0.2, 0) is 11.3 Å². The number of aromatic nitrogens is 1. The van der Waals surface area contributed by atoms with E-state index >= 15 is 0 Å². The van der Waals surface area contributed by atoms with Gasteiger partial charge in [-0.2, -0.15) is 0 Å².